The van der Waals surface area contributed by atoms with Crippen molar-refractivity contribution in [2.24, 2.45) is 5.73 Å². The van der Waals surface area contributed by atoms with E-state index in [9.17, 15) is 4.39 Å². The van der Waals surface area contributed by atoms with Crippen molar-refractivity contribution in [3.8, 4) is 0 Å². The smallest absolute Gasteiger partial charge is 0.147 e. The summed E-state index contributed by atoms with van der Waals surface area (Å²) in [6, 6.07) is 9.20. The zero-order valence-corrected chi connectivity index (χ0v) is 13.7. The fourth-order valence-corrected chi connectivity index (χ4v) is 2.67. The van der Waals surface area contributed by atoms with Crippen molar-refractivity contribution < 1.29 is 4.39 Å². The van der Waals surface area contributed by atoms with Crippen molar-refractivity contribution in [2.45, 2.75) is 26.3 Å². The van der Waals surface area contributed by atoms with Gasteiger partial charge in [-0.2, -0.15) is 0 Å². The van der Waals surface area contributed by atoms with E-state index in [1.807, 2.05) is 13.8 Å². The van der Waals surface area contributed by atoms with Gasteiger partial charge in [0.2, 0.25) is 0 Å². The second kappa shape index (κ2) is 6.25. The Labute approximate surface area is 132 Å². The number of hydrogen-bond acceptors (Lipinski definition) is 1. The van der Waals surface area contributed by atoms with Gasteiger partial charge in [0.05, 0.1) is 5.02 Å². The molecule has 106 valence electrons. The van der Waals surface area contributed by atoms with E-state index >= 15 is 0 Å². The number of halogens is 3. The summed E-state index contributed by atoms with van der Waals surface area (Å²) in [4.78, 5) is 0. The molecule has 2 N–H and O–H groups in total. The van der Waals surface area contributed by atoms with Crippen LogP contribution in [0, 0.1) is 19.7 Å². The van der Waals surface area contributed by atoms with E-state index in [0.29, 0.717) is 16.5 Å². The number of rotatable bonds is 3. The molecule has 1 nitrogen and oxygen atoms in total. The van der Waals surface area contributed by atoms with Gasteiger partial charge in [-0.25, -0.2) is 4.39 Å². The maximum atomic E-state index is 14.2. The van der Waals surface area contributed by atoms with Crippen molar-refractivity contribution in [1.29, 1.82) is 0 Å². The van der Waals surface area contributed by atoms with E-state index in [0.717, 1.165) is 11.1 Å². The lowest BCUT2D eigenvalue weighted by Crippen LogP contribution is -2.16. The molecule has 20 heavy (non-hydrogen) atoms. The normalized spacial score (nSPS) is 12.5. The first-order valence-corrected chi connectivity index (χ1v) is 7.52. The Kier molecular flexibility index (Phi) is 4.84. The van der Waals surface area contributed by atoms with Crippen LogP contribution in [-0.4, -0.2) is 0 Å². The zero-order chi connectivity index (χ0) is 14.9. The molecule has 0 fully saturated rings. The summed E-state index contributed by atoms with van der Waals surface area (Å²) in [5, 5.41) is 0.0823. The lowest BCUT2D eigenvalue weighted by atomic mass is 9.95. The Morgan fingerprint density at radius 3 is 2.65 bits per heavy atom. The third-order valence-corrected chi connectivity index (χ3v) is 4.67. The van der Waals surface area contributed by atoms with Crippen molar-refractivity contribution in [2.75, 3.05) is 0 Å². The predicted molar refractivity (Wildman–Crippen MR) is 85.7 cm³/mol. The van der Waals surface area contributed by atoms with Crippen molar-refractivity contribution >= 4 is 27.5 Å². The monoisotopic (exact) mass is 355 g/mol. The molecule has 2 aromatic rings. The Morgan fingerprint density at radius 2 is 1.95 bits per heavy atom. The van der Waals surface area contributed by atoms with Crippen LogP contribution in [0.25, 0.3) is 0 Å². The summed E-state index contributed by atoms with van der Waals surface area (Å²) < 4.78 is 14.7. The molecule has 0 saturated heterocycles. The van der Waals surface area contributed by atoms with Gasteiger partial charge in [0.25, 0.3) is 0 Å². The van der Waals surface area contributed by atoms with Crippen LogP contribution in [0.2, 0.25) is 5.02 Å². The maximum Gasteiger partial charge on any atom is 0.147 e. The quantitative estimate of drug-likeness (QED) is 0.761. The summed E-state index contributed by atoms with van der Waals surface area (Å²) in [5.41, 5.74) is 10.1. The molecule has 0 radical (unpaired) electrons. The molecule has 0 aliphatic rings. The Hall–Kier alpha value is -0.900. The van der Waals surface area contributed by atoms with Gasteiger partial charge in [-0.3, -0.25) is 0 Å². The molecule has 1 atom stereocenters. The molecule has 0 bridgehead atoms. The van der Waals surface area contributed by atoms with E-state index in [-0.39, 0.29) is 5.02 Å². The molecule has 0 aromatic heterocycles. The van der Waals surface area contributed by atoms with Crippen LogP contribution < -0.4 is 5.73 Å². The van der Waals surface area contributed by atoms with Crippen LogP contribution in [-0.2, 0) is 6.42 Å². The fourth-order valence-electron chi connectivity index (χ4n) is 2.19. The maximum absolute atomic E-state index is 14.2. The lowest BCUT2D eigenvalue weighted by molar-refractivity contribution is 0.579. The Morgan fingerprint density at radius 1 is 1.25 bits per heavy atom. The lowest BCUT2D eigenvalue weighted by Gasteiger charge is -2.16. The van der Waals surface area contributed by atoms with E-state index in [1.54, 1.807) is 12.1 Å². The highest BCUT2D eigenvalue weighted by molar-refractivity contribution is 9.10. The Bertz CT molecular complexity index is 643. The van der Waals surface area contributed by atoms with Crippen molar-refractivity contribution in [3.63, 3.8) is 0 Å². The van der Waals surface area contributed by atoms with Gasteiger partial charge in [0.1, 0.15) is 5.82 Å². The topological polar surface area (TPSA) is 26.0 Å². The van der Waals surface area contributed by atoms with Crippen LogP contribution in [0.15, 0.2) is 34.8 Å². The van der Waals surface area contributed by atoms with Gasteiger partial charge in [-0.05, 0) is 53.4 Å². The highest BCUT2D eigenvalue weighted by atomic mass is 79.9. The zero-order valence-electron chi connectivity index (χ0n) is 11.4. The van der Waals surface area contributed by atoms with E-state index in [4.69, 9.17) is 17.3 Å². The molecule has 0 spiro atoms. The molecule has 0 saturated carbocycles. The van der Waals surface area contributed by atoms with E-state index in [2.05, 4.69) is 34.1 Å². The van der Waals surface area contributed by atoms with Gasteiger partial charge in [0, 0.05) is 16.1 Å². The molecule has 0 heterocycles. The van der Waals surface area contributed by atoms with Crippen LogP contribution in [0.3, 0.4) is 0 Å². The third kappa shape index (κ3) is 3.22. The van der Waals surface area contributed by atoms with Crippen molar-refractivity contribution in [1.82, 2.24) is 0 Å². The first-order valence-electron chi connectivity index (χ1n) is 6.35. The highest BCUT2D eigenvalue weighted by Crippen LogP contribution is 2.31. The van der Waals surface area contributed by atoms with Crippen LogP contribution in [0.5, 0.6) is 0 Å². The average Bonchev–Trinajstić information content (AvgIpc) is 2.40. The van der Waals surface area contributed by atoms with Gasteiger partial charge < -0.3 is 5.73 Å². The van der Waals surface area contributed by atoms with E-state index < -0.39 is 11.9 Å². The second-order valence-corrected chi connectivity index (χ2v) is 6.24. The summed E-state index contributed by atoms with van der Waals surface area (Å²) in [6.07, 6.45) is 0.586. The number of aryl methyl sites for hydroxylation is 2. The van der Waals surface area contributed by atoms with Crippen LogP contribution >= 0.6 is 27.5 Å². The molecule has 4 heteroatoms. The number of hydrogen-bond donors (Lipinski definition) is 1. The molecule has 2 aromatic carbocycles. The number of nitrogens with two attached hydrogens (primary N) is 1. The largest absolute Gasteiger partial charge is 0.324 e. The minimum Gasteiger partial charge on any atom is -0.324 e. The number of benzene rings is 2. The first-order chi connectivity index (χ1) is 9.40. The predicted octanol–water partition coefficient (Wildman–Crippen LogP) is 5.10. The summed E-state index contributed by atoms with van der Waals surface area (Å²) in [5.74, 6) is -0.446. The van der Waals surface area contributed by atoms with E-state index in [1.165, 1.54) is 5.56 Å². The van der Waals surface area contributed by atoms with Gasteiger partial charge in [-0.15, -0.1) is 0 Å². The molecular formula is C16H16BrClFN. The third-order valence-electron chi connectivity index (χ3n) is 3.41. The van der Waals surface area contributed by atoms with Crippen LogP contribution in [0.1, 0.15) is 28.3 Å². The molecule has 0 amide bonds. The summed E-state index contributed by atoms with van der Waals surface area (Å²) in [7, 11) is 0. The standard InChI is InChI=1S/C16H16BrClFN/c1-9-3-4-10(2)11(7-9)8-14(20)12-5-6-13(17)15(18)16(12)19/h3-7,14H,8,20H2,1-2H3. The highest BCUT2D eigenvalue weighted by Gasteiger charge is 2.17. The second-order valence-electron chi connectivity index (χ2n) is 5.01. The summed E-state index contributed by atoms with van der Waals surface area (Å²) in [6.45, 7) is 4.07. The molecular weight excluding hydrogens is 341 g/mol. The van der Waals surface area contributed by atoms with Crippen LogP contribution in [0.4, 0.5) is 4.39 Å². The van der Waals surface area contributed by atoms with Gasteiger partial charge in [-0.1, -0.05) is 41.4 Å². The molecule has 2 rings (SSSR count). The molecule has 0 aliphatic carbocycles. The average molecular weight is 357 g/mol. The SMILES string of the molecule is Cc1ccc(C)c(CC(N)c2ccc(Br)c(Cl)c2F)c1. The van der Waals surface area contributed by atoms with Gasteiger partial charge >= 0.3 is 0 Å². The molecule has 1 unspecified atom stereocenters. The molecule has 0 aliphatic heterocycles. The van der Waals surface area contributed by atoms with Crippen molar-refractivity contribution in [3.05, 3.63) is 67.9 Å². The minimum absolute atomic E-state index is 0.0823. The minimum atomic E-state index is -0.446. The van der Waals surface area contributed by atoms with Gasteiger partial charge in [0.15, 0.2) is 0 Å². The Balaban J connectivity index is 2.31. The first kappa shape index (κ1) is 15.5. The fraction of sp³-hybridized carbons (Fsp3) is 0.250. The summed E-state index contributed by atoms with van der Waals surface area (Å²) >= 11 is 9.11.